The second-order valence-electron chi connectivity index (χ2n) is 5.07. The van der Waals surface area contributed by atoms with Crippen molar-refractivity contribution in [3.05, 3.63) is 47.7 Å². The van der Waals surface area contributed by atoms with Crippen molar-refractivity contribution in [3.63, 3.8) is 0 Å². The minimum atomic E-state index is -0.0358. The van der Waals surface area contributed by atoms with E-state index in [0.717, 1.165) is 28.2 Å². The van der Waals surface area contributed by atoms with Crippen molar-refractivity contribution in [2.45, 2.75) is 26.7 Å². The molecular weight excluding hydrogens is 280 g/mol. The van der Waals surface area contributed by atoms with Gasteiger partial charge in [-0.1, -0.05) is 0 Å². The van der Waals surface area contributed by atoms with E-state index in [9.17, 15) is 4.79 Å². The second kappa shape index (κ2) is 5.88. The van der Waals surface area contributed by atoms with Gasteiger partial charge in [-0.3, -0.25) is 9.78 Å². The van der Waals surface area contributed by atoms with Gasteiger partial charge in [0, 0.05) is 30.1 Å². The summed E-state index contributed by atoms with van der Waals surface area (Å²) in [7, 11) is 0. The van der Waals surface area contributed by atoms with Crippen LogP contribution in [-0.4, -0.2) is 30.7 Å². The Morgan fingerprint density at radius 3 is 2.82 bits per heavy atom. The van der Waals surface area contributed by atoms with Crippen LogP contribution in [-0.2, 0) is 11.2 Å². The van der Waals surface area contributed by atoms with Crippen LogP contribution in [0.1, 0.15) is 23.2 Å². The van der Waals surface area contributed by atoms with Crippen molar-refractivity contribution < 1.29 is 4.79 Å². The standard InChI is InChI=1S/C15H16N6O/c1-10-13(11(2)20-21-9-17-19-15(10)21)3-4-14(22)18-12-5-7-16-8-6-12/h5-9H,3-4H2,1-2H3,(H,16,18,22). The predicted molar refractivity (Wildman–Crippen MR) is 81.4 cm³/mol. The maximum Gasteiger partial charge on any atom is 0.224 e. The van der Waals surface area contributed by atoms with Gasteiger partial charge in [-0.05, 0) is 38.0 Å². The second-order valence-corrected chi connectivity index (χ2v) is 5.07. The van der Waals surface area contributed by atoms with Gasteiger partial charge in [0.15, 0.2) is 5.65 Å². The third kappa shape index (κ3) is 2.78. The van der Waals surface area contributed by atoms with E-state index in [1.807, 2.05) is 13.8 Å². The summed E-state index contributed by atoms with van der Waals surface area (Å²) < 4.78 is 1.66. The Kier molecular flexibility index (Phi) is 3.78. The molecule has 3 heterocycles. The number of nitrogens with one attached hydrogen (secondary N) is 1. The average molecular weight is 296 g/mol. The van der Waals surface area contributed by atoms with Crippen LogP contribution in [0.5, 0.6) is 0 Å². The fourth-order valence-electron chi connectivity index (χ4n) is 2.44. The molecule has 3 aromatic rings. The molecule has 7 heteroatoms. The number of amides is 1. The zero-order valence-electron chi connectivity index (χ0n) is 12.4. The molecule has 0 unspecified atom stereocenters. The molecule has 1 amide bonds. The molecule has 0 radical (unpaired) electrons. The molecule has 0 aliphatic carbocycles. The number of hydrogen-bond donors (Lipinski definition) is 1. The Morgan fingerprint density at radius 1 is 1.27 bits per heavy atom. The molecule has 0 saturated carbocycles. The van der Waals surface area contributed by atoms with Gasteiger partial charge in [0.05, 0.1) is 5.69 Å². The minimum Gasteiger partial charge on any atom is -0.326 e. The summed E-state index contributed by atoms with van der Waals surface area (Å²) in [4.78, 5) is 16.0. The lowest BCUT2D eigenvalue weighted by atomic mass is 10.0. The first-order valence-corrected chi connectivity index (χ1v) is 7.01. The van der Waals surface area contributed by atoms with Gasteiger partial charge in [0.1, 0.15) is 6.33 Å². The van der Waals surface area contributed by atoms with E-state index in [2.05, 4.69) is 25.6 Å². The molecule has 1 N–H and O–H groups in total. The summed E-state index contributed by atoms with van der Waals surface area (Å²) in [5.41, 5.74) is 4.43. The van der Waals surface area contributed by atoms with Crippen LogP contribution >= 0.6 is 0 Å². The zero-order chi connectivity index (χ0) is 15.5. The summed E-state index contributed by atoms with van der Waals surface area (Å²) in [6.07, 6.45) is 5.87. The fourth-order valence-corrected chi connectivity index (χ4v) is 2.44. The van der Waals surface area contributed by atoms with Crippen molar-refractivity contribution >= 4 is 17.2 Å². The maximum absolute atomic E-state index is 12.0. The van der Waals surface area contributed by atoms with Crippen molar-refractivity contribution in [1.82, 2.24) is 24.8 Å². The van der Waals surface area contributed by atoms with Crippen molar-refractivity contribution in [2.24, 2.45) is 0 Å². The van der Waals surface area contributed by atoms with E-state index in [1.165, 1.54) is 0 Å². The summed E-state index contributed by atoms with van der Waals surface area (Å²) in [6, 6.07) is 3.52. The number of fused-ring (bicyclic) bond motifs is 1. The molecule has 0 atom stereocenters. The number of anilines is 1. The third-order valence-electron chi connectivity index (χ3n) is 3.58. The minimum absolute atomic E-state index is 0.0358. The Bertz CT molecular complexity index is 812. The SMILES string of the molecule is Cc1nn2cnnc2c(C)c1CCC(=O)Nc1ccncc1. The topological polar surface area (TPSA) is 85.1 Å². The highest BCUT2D eigenvalue weighted by Crippen LogP contribution is 2.17. The molecule has 3 aromatic heterocycles. The highest BCUT2D eigenvalue weighted by atomic mass is 16.1. The smallest absolute Gasteiger partial charge is 0.224 e. The first-order valence-electron chi connectivity index (χ1n) is 7.01. The number of nitrogens with zero attached hydrogens (tertiary/aromatic N) is 5. The fraction of sp³-hybridized carbons (Fsp3) is 0.267. The lowest BCUT2D eigenvalue weighted by Crippen LogP contribution is -2.14. The van der Waals surface area contributed by atoms with Crippen LogP contribution in [0.3, 0.4) is 0 Å². The summed E-state index contributed by atoms with van der Waals surface area (Å²) >= 11 is 0. The van der Waals surface area contributed by atoms with Crippen LogP contribution in [0.25, 0.3) is 5.65 Å². The van der Waals surface area contributed by atoms with E-state index in [0.29, 0.717) is 12.8 Å². The molecular formula is C15H16N6O. The Morgan fingerprint density at radius 2 is 2.05 bits per heavy atom. The predicted octanol–water partition coefficient (Wildman–Crippen LogP) is 1.71. The Balaban J connectivity index is 1.72. The van der Waals surface area contributed by atoms with Crippen LogP contribution in [0.2, 0.25) is 0 Å². The van der Waals surface area contributed by atoms with Crippen LogP contribution in [0.4, 0.5) is 5.69 Å². The van der Waals surface area contributed by atoms with Gasteiger partial charge >= 0.3 is 0 Å². The number of aromatic nitrogens is 5. The molecule has 0 spiro atoms. The van der Waals surface area contributed by atoms with Gasteiger partial charge in [0.25, 0.3) is 0 Å². The number of carbonyl (C=O) groups is 1. The van der Waals surface area contributed by atoms with E-state index in [1.54, 1.807) is 35.4 Å². The monoisotopic (exact) mass is 296 g/mol. The van der Waals surface area contributed by atoms with Gasteiger partial charge in [-0.15, -0.1) is 10.2 Å². The molecule has 0 aromatic carbocycles. The normalized spacial score (nSPS) is 10.8. The maximum atomic E-state index is 12.0. The Labute approximate surface area is 127 Å². The number of carbonyl (C=O) groups excluding carboxylic acids is 1. The lowest BCUT2D eigenvalue weighted by molar-refractivity contribution is -0.116. The molecule has 3 rings (SSSR count). The van der Waals surface area contributed by atoms with Gasteiger partial charge in [-0.25, -0.2) is 4.52 Å². The van der Waals surface area contributed by atoms with Gasteiger partial charge < -0.3 is 5.32 Å². The average Bonchev–Trinajstić information content (AvgIpc) is 2.96. The van der Waals surface area contributed by atoms with E-state index < -0.39 is 0 Å². The first kappa shape index (κ1) is 14.1. The van der Waals surface area contributed by atoms with Crippen LogP contribution in [0.15, 0.2) is 30.9 Å². The highest BCUT2D eigenvalue weighted by Gasteiger charge is 2.12. The Hall–Kier alpha value is -2.83. The zero-order valence-corrected chi connectivity index (χ0v) is 12.4. The van der Waals surface area contributed by atoms with Crippen LogP contribution in [0, 0.1) is 13.8 Å². The lowest BCUT2D eigenvalue weighted by Gasteiger charge is -2.10. The number of aryl methyl sites for hydroxylation is 2. The number of hydrogen-bond acceptors (Lipinski definition) is 5. The summed E-state index contributed by atoms with van der Waals surface area (Å²) in [5.74, 6) is -0.0358. The molecule has 0 bridgehead atoms. The number of rotatable bonds is 4. The highest BCUT2D eigenvalue weighted by molar-refractivity contribution is 5.90. The van der Waals surface area contributed by atoms with E-state index in [4.69, 9.17) is 0 Å². The molecule has 0 saturated heterocycles. The van der Waals surface area contributed by atoms with E-state index in [-0.39, 0.29) is 5.91 Å². The third-order valence-corrected chi connectivity index (χ3v) is 3.58. The molecule has 0 aliphatic rings. The summed E-state index contributed by atoms with van der Waals surface area (Å²) in [6.45, 7) is 3.91. The van der Waals surface area contributed by atoms with Crippen molar-refractivity contribution in [2.75, 3.05) is 5.32 Å². The molecule has 0 aliphatic heterocycles. The molecule has 22 heavy (non-hydrogen) atoms. The quantitative estimate of drug-likeness (QED) is 0.792. The van der Waals surface area contributed by atoms with Gasteiger partial charge in [-0.2, -0.15) is 5.10 Å². The van der Waals surface area contributed by atoms with E-state index >= 15 is 0 Å². The van der Waals surface area contributed by atoms with Crippen molar-refractivity contribution in [1.29, 1.82) is 0 Å². The largest absolute Gasteiger partial charge is 0.326 e. The molecule has 112 valence electrons. The molecule has 0 fully saturated rings. The molecule has 7 nitrogen and oxygen atoms in total. The van der Waals surface area contributed by atoms with Crippen LogP contribution < -0.4 is 5.32 Å². The van der Waals surface area contributed by atoms with Gasteiger partial charge in [0.2, 0.25) is 5.91 Å². The summed E-state index contributed by atoms with van der Waals surface area (Å²) in [5, 5.41) is 15.2. The van der Waals surface area contributed by atoms with Crippen molar-refractivity contribution in [3.8, 4) is 0 Å². The first-order chi connectivity index (χ1) is 10.6. The number of pyridine rings is 1.